The Kier molecular flexibility index (Phi) is 6.27. The maximum Gasteiger partial charge on any atom is 0.271 e. The molecule has 1 aliphatic heterocycles. The molecule has 9 heteroatoms. The van der Waals surface area contributed by atoms with Crippen molar-refractivity contribution in [2.24, 2.45) is 4.99 Å². The van der Waals surface area contributed by atoms with Crippen LogP contribution in [0.5, 0.6) is 5.75 Å². The molecule has 0 bridgehead atoms. The van der Waals surface area contributed by atoms with E-state index in [0.717, 1.165) is 5.56 Å². The van der Waals surface area contributed by atoms with Crippen LogP contribution in [0.25, 0.3) is 6.08 Å². The Hall–Kier alpha value is -3.69. The number of halogens is 1. The van der Waals surface area contributed by atoms with Crippen LogP contribution in [0.15, 0.2) is 96.9 Å². The number of hydrogen-bond acceptors (Lipinski definition) is 6. The van der Waals surface area contributed by atoms with Crippen LogP contribution in [0, 0.1) is 0 Å². The average Bonchev–Trinajstić information content (AvgIpc) is 3.40. The first-order chi connectivity index (χ1) is 16.9. The predicted octanol–water partition coefficient (Wildman–Crippen LogP) is 4.24. The highest BCUT2D eigenvalue weighted by Crippen LogP contribution is 2.32. The third-order valence-corrected chi connectivity index (χ3v) is 6.98. The molecule has 1 unspecified atom stereocenters. The molecule has 7 nitrogen and oxygen atoms in total. The standard InChI is InChI=1S/C26H20BrN3O4S/c1-15-22(24(31)29-17-8-4-3-5-9-17)23(16-7-6-10-18(13-16)33-2)30-25(32)20(35-26(30)28-15)14-19-11-12-21(27)34-19/h3-14,23H,1-2H3,(H,29,31)/b20-14-. The number of anilines is 1. The molecule has 35 heavy (non-hydrogen) atoms. The summed E-state index contributed by atoms with van der Waals surface area (Å²) < 4.78 is 13.6. The van der Waals surface area contributed by atoms with Gasteiger partial charge in [-0.1, -0.05) is 41.7 Å². The molecule has 0 saturated heterocycles. The lowest BCUT2D eigenvalue weighted by atomic mass is 9.95. The molecule has 176 valence electrons. The first-order valence-corrected chi connectivity index (χ1v) is 12.3. The van der Waals surface area contributed by atoms with Gasteiger partial charge in [-0.05, 0) is 64.8 Å². The van der Waals surface area contributed by atoms with E-state index in [9.17, 15) is 9.59 Å². The molecule has 0 saturated carbocycles. The topological polar surface area (TPSA) is 85.8 Å². The van der Waals surface area contributed by atoms with Gasteiger partial charge >= 0.3 is 0 Å². The summed E-state index contributed by atoms with van der Waals surface area (Å²) in [5.41, 5.74) is 2.07. The van der Waals surface area contributed by atoms with Gasteiger partial charge in [-0.3, -0.25) is 14.2 Å². The molecule has 2 aromatic carbocycles. The maximum atomic E-state index is 13.6. The van der Waals surface area contributed by atoms with Gasteiger partial charge in [0, 0.05) is 11.8 Å². The van der Waals surface area contributed by atoms with Crippen molar-refractivity contribution < 1.29 is 13.9 Å². The van der Waals surface area contributed by atoms with Crippen molar-refractivity contribution in [2.75, 3.05) is 12.4 Å². The molecule has 0 radical (unpaired) electrons. The van der Waals surface area contributed by atoms with Crippen LogP contribution in [0.1, 0.15) is 24.3 Å². The number of carbonyl (C=O) groups is 1. The van der Waals surface area contributed by atoms with Gasteiger partial charge in [-0.15, -0.1) is 0 Å². The van der Waals surface area contributed by atoms with E-state index in [1.807, 2.05) is 54.6 Å². The van der Waals surface area contributed by atoms with Crippen LogP contribution in [0.3, 0.4) is 0 Å². The zero-order chi connectivity index (χ0) is 24.5. The minimum atomic E-state index is -0.685. The summed E-state index contributed by atoms with van der Waals surface area (Å²) in [5.74, 6) is 0.842. The van der Waals surface area contributed by atoms with Crippen LogP contribution >= 0.6 is 27.3 Å². The molecule has 0 spiro atoms. The highest BCUT2D eigenvalue weighted by atomic mass is 79.9. The molecular weight excluding hydrogens is 530 g/mol. The number of methoxy groups -OCH3 is 1. The monoisotopic (exact) mass is 549 g/mol. The Morgan fingerprint density at radius 2 is 1.97 bits per heavy atom. The lowest BCUT2D eigenvalue weighted by Gasteiger charge is -2.25. The normalized spacial score (nSPS) is 15.5. The predicted molar refractivity (Wildman–Crippen MR) is 138 cm³/mol. The van der Waals surface area contributed by atoms with Gasteiger partial charge in [0.25, 0.3) is 11.5 Å². The number of allylic oxidation sites excluding steroid dienone is 1. The molecule has 1 aliphatic rings. The first kappa shape index (κ1) is 23.1. The molecule has 4 aromatic rings. The third kappa shape index (κ3) is 4.52. The molecule has 3 heterocycles. The number of aromatic nitrogens is 1. The number of nitrogens with one attached hydrogen (secondary N) is 1. The van der Waals surface area contributed by atoms with Gasteiger partial charge in [0.05, 0.1) is 29.0 Å². The molecule has 0 aliphatic carbocycles. The highest BCUT2D eigenvalue weighted by Gasteiger charge is 2.32. The fraction of sp³-hybridized carbons (Fsp3) is 0.115. The summed E-state index contributed by atoms with van der Waals surface area (Å²) in [6.07, 6.45) is 1.68. The van der Waals surface area contributed by atoms with Crippen molar-refractivity contribution in [1.82, 2.24) is 4.57 Å². The lowest BCUT2D eigenvalue weighted by molar-refractivity contribution is -0.113. The van der Waals surface area contributed by atoms with Crippen molar-refractivity contribution in [2.45, 2.75) is 13.0 Å². The van der Waals surface area contributed by atoms with Crippen LogP contribution in [-0.2, 0) is 4.79 Å². The Bertz CT molecular complexity index is 1630. The minimum Gasteiger partial charge on any atom is -0.497 e. The molecule has 1 N–H and O–H groups in total. The number of rotatable bonds is 5. The van der Waals surface area contributed by atoms with Gasteiger partial charge in [-0.2, -0.15) is 0 Å². The van der Waals surface area contributed by atoms with Gasteiger partial charge in [0.2, 0.25) is 0 Å². The van der Waals surface area contributed by atoms with Crippen molar-refractivity contribution in [3.63, 3.8) is 0 Å². The number of amides is 1. The smallest absolute Gasteiger partial charge is 0.271 e. The summed E-state index contributed by atoms with van der Waals surface area (Å²) in [5, 5.41) is 2.94. The van der Waals surface area contributed by atoms with Crippen LogP contribution in [0.4, 0.5) is 5.69 Å². The Morgan fingerprint density at radius 1 is 1.17 bits per heavy atom. The second kappa shape index (κ2) is 9.52. The average molecular weight is 550 g/mol. The number of fused-ring (bicyclic) bond motifs is 1. The van der Waals surface area contributed by atoms with Crippen molar-refractivity contribution in [3.05, 3.63) is 114 Å². The highest BCUT2D eigenvalue weighted by molar-refractivity contribution is 9.10. The van der Waals surface area contributed by atoms with E-state index in [2.05, 4.69) is 26.2 Å². The fourth-order valence-electron chi connectivity index (χ4n) is 3.99. The van der Waals surface area contributed by atoms with E-state index in [4.69, 9.17) is 9.15 Å². The zero-order valence-corrected chi connectivity index (χ0v) is 21.2. The van der Waals surface area contributed by atoms with Gasteiger partial charge < -0.3 is 14.5 Å². The van der Waals surface area contributed by atoms with E-state index in [1.165, 1.54) is 11.3 Å². The van der Waals surface area contributed by atoms with E-state index >= 15 is 0 Å². The molecule has 5 rings (SSSR count). The number of benzene rings is 2. The molecule has 1 amide bonds. The van der Waals surface area contributed by atoms with Crippen LogP contribution in [-0.4, -0.2) is 17.6 Å². The summed E-state index contributed by atoms with van der Waals surface area (Å²) in [4.78, 5) is 32.3. The minimum absolute atomic E-state index is 0.258. The van der Waals surface area contributed by atoms with Crippen molar-refractivity contribution >= 4 is 44.9 Å². The molecular formula is C26H20BrN3O4S. The van der Waals surface area contributed by atoms with E-state index < -0.39 is 6.04 Å². The second-order valence-electron chi connectivity index (χ2n) is 7.82. The maximum absolute atomic E-state index is 13.6. The number of para-hydroxylation sites is 1. The fourth-order valence-corrected chi connectivity index (χ4v) is 5.34. The van der Waals surface area contributed by atoms with Crippen LogP contribution < -0.4 is 24.9 Å². The number of ether oxygens (including phenoxy) is 1. The number of nitrogens with zero attached hydrogens (tertiary/aromatic N) is 2. The first-order valence-electron chi connectivity index (χ1n) is 10.7. The number of hydrogen-bond donors (Lipinski definition) is 1. The number of thiazole rings is 1. The summed E-state index contributed by atoms with van der Waals surface area (Å²) in [6, 6.07) is 19.4. The second-order valence-corrected chi connectivity index (χ2v) is 9.61. The number of furan rings is 1. The van der Waals surface area contributed by atoms with Gasteiger partial charge in [-0.25, -0.2) is 4.99 Å². The molecule has 1 atom stereocenters. The lowest BCUT2D eigenvalue weighted by Crippen LogP contribution is -2.40. The Balaban J connectivity index is 1.69. The summed E-state index contributed by atoms with van der Waals surface area (Å²) in [7, 11) is 1.58. The molecule has 0 fully saturated rings. The molecule has 2 aromatic heterocycles. The van der Waals surface area contributed by atoms with Crippen molar-refractivity contribution in [3.8, 4) is 5.75 Å². The van der Waals surface area contributed by atoms with E-state index in [0.29, 0.717) is 42.5 Å². The SMILES string of the molecule is COc1cccc(C2C(C(=O)Nc3ccccc3)=C(C)N=c3s/c(=C\c4ccc(Br)o4)c(=O)n32)c1. The van der Waals surface area contributed by atoms with Gasteiger partial charge in [0.1, 0.15) is 11.5 Å². The van der Waals surface area contributed by atoms with Crippen molar-refractivity contribution in [1.29, 1.82) is 0 Å². The zero-order valence-electron chi connectivity index (χ0n) is 18.8. The van der Waals surface area contributed by atoms with Crippen LogP contribution in [0.2, 0.25) is 0 Å². The Labute approximate surface area is 212 Å². The third-order valence-electron chi connectivity index (χ3n) is 5.57. The van der Waals surface area contributed by atoms with Gasteiger partial charge in [0.15, 0.2) is 9.47 Å². The summed E-state index contributed by atoms with van der Waals surface area (Å²) in [6.45, 7) is 1.79. The number of carbonyl (C=O) groups excluding carboxylic acids is 1. The quantitative estimate of drug-likeness (QED) is 0.403. The van der Waals surface area contributed by atoms with E-state index in [1.54, 1.807) is 36.8 Å². The van der Waals surface area contributed by atoms with E-state index in [-0.39, 0.29) is 11.5 Å². The largest absolute Gasteiger partial charge is 0.497 e. The Morgan fingerprint density at radius 3 is 2.69 bits per heavy atom. The summed E-state index contributed by atoms with van der Waals surface area (Å²) >= 11 is 4.54.